The third-order valence-corrected chi connectivity index (χ3v) is 5.47. The molecular formula is C21H22N6O3S. The molecule has 3 aromatic rings. The summed E-state index contributed by atoms with van der Waals surface area (Å²) in [4.78, 5) is 22.7. The third-order valence-electron chi connectivity index (χ3n) is 4.50. The van der Waals surface area contributed by atoms with Gasteiger partial charge in [0.2, 0.25) is 0 Å². The second kappa shape index (κ2) is 9.98. The van der Waals surface area contributed by atoms with Crippen LogP contribution in [0, 0.1) is 17.0 Å². The number of hydrazone groups is 1. The SMILES string of the molecule is CCn1c(SCC(=O)NN=C(C)c2cccc([N+](=O)[O-])c2)nnc1-c1ccc(C)cc1. The van der Waals surface area contributed by atoms with Crippen molar-refractivity contribution in [2.24, 2.45) is 5.10 Å². The number of benzene rings is 2. The molecule has 1 heterocycles. The van der Waals surface area contributed by atoms with Crippen LogP contribution in [0.25, 0.3) is 11.4 Å². The van der Waals surface area contributed by atoms with Crippen molar-refractivity contribution in [2.75, 3.05) is 5.75 Å². The molecule has 1 aromatic heterocycles. The number of aromatic nitrogens is 3. The summed E-state index contributed by atoms with van der Waals surface area (Å²) in [6.45, 7) is 6.37. The number of rotatable bonds is 8. The van der Waals surface area contributed by atoms with Crippen LogP contribution in [0.2, 0.25) is 0 Å². The Balaban J connectivity index is 1.63. The van der Waals surface area contributed by atoms with Crippen LogP contribution in [0.5, 0.6) is 0 Å². The fourth-order valence-electron chi connectivity index (χ4n) is 2.81. The summed E-state index contributed by atoms with van der Waals surface area (Å²) in [5.74, 6) is 0.555. The Kier molecular flexibility index (Phi) is 7.14. The first kappa shape index (κ1) is 22.2. The zero-order valence-electron chi connectivity index (χ0n) is 17.4. The lowest BCUT2D eigenvalue weighted by Gasteiger charge is -2.07. The Morgan fingerprint density at radius 1 is 1.23 bits per heavy atom. The first-order valence-electron chi connectivity index (χ1n) is 9.60. The smallest absolute Gasteiger partial charge is 0.270 e. The Hall–Kier alpha value is -3.53. The first-order valence-corrected chi connectivity index (χ1v) is 10.6. The molecule has 1 N–H and O–H groups in total. The molecule has 0 atom stereocenters. The van der Waals surface area contributed by atoms with E-state index in [0.29, 0.717) is 23.0 Å². The Bertz CT molecular complexity index is 1120. The number of nitrogens with one attached hydrogen (secondary N) is 1. The molecule has 0 aliphatic carbocycles. The molecule has 0 aliphatic rings. The number of thioether (sulfide) groups is 1. The standard InChI is InChI=1S/C21H22N6O3S/c1-4-26-20(16-10-8-14(2)9-11-16)24-25-21(26)31-13-19(28)23-22-15(3)17-6-5-7-18(12-17)27(29)30/h5-12H,4,13H2,1-3H3,(H,23,28). The van der Waals surface area contributed by atoms with Crippen LogP contribution in [0.1, 0.15) is 25.0 Å². The molecular weight excluding hydrogens is 416 g/mol. The van der Waals surface area contributed by atoms with Crippen LogP contribution >= 0.6 is 11.8 Å². The second-order valence-electron chi connectivity index (χ2n) is 6.74. The summed E-state index contributed by atoms with van der Waals surface area (Å²) >= 11 is 1.27. The van der Waals surface area contributed by atoms with Gasteiger partial charge in [-0.05, 0) is 20.8 Å². The molecule has 0 saturated carbocycles. The zero-order chi connectivity index (χ0) is 22.4. The van der Waals surface area contributed by atoms with Crippen molar-refractivity contribution in [3.05, 3.63) is 69.8 Å². The maximum atomic E-state index is 12.2. The van der Waals surface area contributed by atoms with Gasteiger partial charge in [-0.25, -0.2) is 5.43 Å². The number of nitro groups is 1. The number of carbonyl (C=O) groups is 1. The molecule has 160 valence electrons. The van der Waals surface area contributed by atoms with Crippen LogP contribution in [0.4, 0.5) is 5.69 Å². The molecule has 1 amide bonds. The van der Waals surface area contributed by atoms with Gasteiger partial charge in [-0.1, -0.05) is 53.7 Å². The van der Waals surface area contributed by atoms with Gasteiger partial charge in [-0.3, -0.25) is 14.9 Å². The van der Waals surface area contributed by atoms with Crippen molar-refractivity contribution in [1.29, 1.82) is 0 Å². The Morgan fingerprint density at radius 3 is 2.65 bits per heavy atom. The minimum absolute atomic E-state index is 0.0304. The van der Waals surface area contributed by atoms with Gasteiger partial charge >= 0.3 is 0 Å². The van der Waals surface area contributed by atoms with E-state index in [4.69, 9.17) is 0 Å². The van der Waals surface area contributed by atoms with Crippen LogP contribution in [-0.2, 0) is 11.3 Å². The predicted molar refractivity (Wildman–Crippen MR) is 120 cm³/mol. The lowest BCUT2D eigenvalue weighted by Crippen LogP contribution is -2.21. The highest BCUT2D eigenvalue weighted by Crippen LogP contribution is 2.24. The molecule has 0 radical (unpaired) electrons. The number of aryl methyl sites for hydroxylation is 1. The summed E-state index contributed by atoms with van der Waals surface area (Å²) in [5, 5.41) is 24.1. The largest absolute Gasteiger partial charge is 0.302 e. The van der Waals surface area contributed by atoms with Crippen LogP contribution in [0.3, 0.4) is 0 Å². The summed E-state index contributed by atoms with van der Waals surface area (Å²) in [7, 11) is 0. The van der Waals surface area contributed by atoms with E-state index in [0.717, 1.165) is 11.4 Å². The van der Waals surface area contributed by atoms with Gasteiger partial charge in [-0.15, -0.1) is 10.2 Å². The molecule has 0 spiro atoms. The Labute approximate surface area is 183 Å². The molecule has 3 rings (SSSR count). The number of nitro benzene ring substituents is 1. The topological polar surface area (TPSA) is 115 Å². The number of non-ortho nitro benzene ring substituents is 1. The molecule has 0 fully saturated rings. The van der Waals surface area contributed by atoms with E-state index in [1.807, 2.05) is 42.7 Å². The number of carbonyl (C=O) groups excluding carboxylic acids is 1. The molecule has 0 bridgehead atoms. The van der Waals surface area contributed by atoms with Crippen LogP contribution in [0.15, 0.2) is 58.8 Å². The average Bonchev–Trinajstić information content (AvgIpc) is 3.19. The van der Waals surface area contributed by atoms with Crippen molar-refractivity contribution in [3.63, 3.8) is 0 Å². The van der Waals surface area contributed by atoms with Gasteiger partial charge in [0.15, 0.2) is 11.0 Å². The van der Waals surface area contributed by atoms with Gasteiger partial charge in [0, 0.05) is 29.8 Å². The van der Waals surface area contributed by atoms with Gasteiger partial charge in [0.1, 0.15) is 0 Å². The van der Waals surface area contributed by atoms with E-state index in [-0.39, 0.29) is 17.3 Å². The number of nitrogens with zero attached hydrogens (tertiary/aromatic N) is 5. The fraction of sp³-hybridized carbons (Fsp3) is 0.238. The molecule has 9 nitrogen and oxygen atoms in total. The van der Waals surface area contributed by atoms with Gasteiger partial charge in [0.25, 0.3) is 11.6 Å². The van der Waals surface area contributed by atoms with Gasteiger partial charge < -0.3 is 4.57 Å². The highest BCUT2D eigenvalue weighted by atomic mass is 32.2. The van der Waals surface area contributed by atoms with Crippen LogP contribution in [-0.4, -0.2) is 37.1 Å². The Morgan fingerprint density at radius 2 is 1.97 bits per heavy atom. The zero-order valence-corrected chi connectivity index (χ0v) is 18.2. The molecule has 2 aromatic carbocycles. The van der Waals surface area contributed by atoms with Crippen molar-refractivity contribution in [1.82, 2.24) is 20.2 Å². The molecule has 0 saturated heterocycles. The normalized spacial score (nSPS) is 11.4. The highest BCUT2D eigenvalue weighted by Gasteiger charge is 2.14. The summed E-state index contributed by atoms with van der Waals surface area (Å²) in [6.07, 6.45) is 0. The minimum Gasteiger partial charge on any atom is -0.302 e. The molecule has 10 heteroatoms. The number of hydrogen-bond acceptors (Lipinski definition) is 7. The quantitative estimate of drug-likeness (QED) is 0.247. The van der Waals surface area contributed by atoms with E-state index in [9.17, 15) is 14.9 Å². The summed E-state index contributed by atoms with van der Waals surface area (Å²) in [6, 6.07) is 14.1. The van der Waals surface area contributed by atoms with Crippen molar-refractivity contribution in [3.8, 4) is 11.4 Å². The van der Waals surface area contributed by atoms with E-state index in [1.54, 1.807) is 19.1 Å². The van der Waals surface area contributed by atoms with Crippen molar-refractivity contribution in [2.45, 2.75) is 32.5 Å². The van der Waals surface area contributed by atoms with Crippen LogP contribution < -0.4 is 5.43 Å². The van der Waals surface area contributed by atoms with Gasteiger partial charge in [0.05, 0.1) is 16.4 Å². The fourth-order valence-corrected chi connectivity index (χ4v) is 3.61. The maximum absolute atomic E-state index is 12.2. The van der Waals surface area contributed by atoms with E-state index >= 15 is 0 Å². The van der Waals surface area contributed by atoms with Crippen molar-refractivity contribution < 1.29 is 9.72 Å². The number of hydrogen-bond donors (Lipinski definition) is 1. The maximum Gasteiger partial charge on any atom is 0.270 e. The number of amides is 1. The summed E-state index contributed by atoms with van der Waals surface area (Å²) < 4.78 is 1.96. The van der Waals surface area contributed by atoms with E-state index in [2.05, 4.69) is 20.7 Å². The third kappa shape index (κ3) is 5.54. The van der Waals surface area contributed by atoms with E-state index in [1.165, 1.54) is 29.5 Å². The molecule has 0 aliphatic heterocycles. The molecule has 31 heavy (non-hydrogen) atoms. The lowest BCUT2D eigenvalue weighted by molar-refractivity contribution is -0.384. The first-order chi connectivity index (χ1) is 14.9. The summed E-state index contributed by atoms with van der Waals surface area (Å²) in [5.41, 5.74) is 5.62. The second-order valence-corrected chi connectivity index (χ2v) is 7.69. The monoisotopic (exact) mass is 438 g/mol. The average molecular weight is 439 g/mol. The van der Waals surface area contributed by atoms with E-state index < -0.39 is 4.92 Å². The van der Waals surface area contributed by atoms with Crippen molar-refractivity contribution >= 4 is 29.1 Å². The minimum atomic E-state index is -0.471. The van der Waals surface area contributed by atoms with Gasteiger partial charge in [-0.2, -0.15) is 5.10 Å². The lowest BCUT2D eigenvalue weighted by atomic mass is 10.1. The highest BCUT2D eigenvalue weighted by molar-refractivity contribution is 7.99. The predicted octanol–water partition coefficient (Wildman–Crippen LogP) is 3.81. The molecule has 0 unspecified atom stereocenters.